The molecule has 0 aliphatic carbocycles. The van der Waals surface area contributed by atoms with Crippen molar-refractivity contribution < 1.29 is 9.59 Å². The molecule has 4 nitrogen and oxygen atoms in total. The third-order valence-corrected chi connectivity index (χ3v) is 7.98. The zero-order valence-corrected chi connectivity index (χ0v) is 22.1. The highest BCUT2D eigenvalue weighted by Crippen LogP contribution is 2.42. The lowest BCUT2D eigenvalue weighted by Gasteiger charge is -2.24. The highest BCUT2D eigenvalue weighted by Gasteiger charge is 2.28. The summed E-state index contributed by atoms with van der Waals surface area (Å²) in [6, 6.07) is 31.0. The molecule has 0 radical (unpaired) electrons. The van der Waals surface area contributed by atoms with Crippen LogP contribution in [0, 0.1) is 0 Å². The van der Waals surface area contributed by atoms with E-state index in [1.54, 1.807) is 4.90 Å². The van der Waals surface area contributed by atoms with E-state index in [-0.39, 0.29) is 17.9 Å². The number of hydrogen-bond acceptors (Lipinski definition) is 3. The molecule has 0 unspecified atom stereocenters. The van der Waals surface area contributed by atoms with Gasteiger partial charge in [-0.25, -0.2) is 0 Å². The molecule has 186 valence electrons. The number of amides is 2. The Morgan fingerprint density at radius 1 is 0.919 bits per heavy atom. The molecule has 0 aromatic heterocycles. The smallest absolute Gasteiger partial charge is 0.259 e. The minimum atomic E-state index is -0.153. The zero-order chi connectivity index (χ0) is 25.8. The van der Waals surface area contributed by atoms with Gasteiger partial charge >= 0.3 is 0 Å². The fraction of sp³-hybridized carbons (Fsp3) is 0.161. The first kappa shape index (κ1) is 25.1. The number of benzene rings is 4. The van der Waals surface area contributed by atoms with Crippen molar-refractivity contribution in [2.45, 2.75) is 42.1 Å². The van der Waals surface area contributed by atoms with Crippen LogP contribution in [-0.2, 0) is 13.0 Å². The predicted molar refractivity (Wildman–Crippen MR) is 151 cm³/mol. The molecule has 4 aromatic carbocycles. The van der Waals surface area contributed by atoms with Gasteiger partial charge in [-0.2, -0.15) is 0 Å². The highest BCUT2D eigenvalue weighted by molar-refractivity contribution is 7.99. The minimum Gasteiger partial charge on any atom is -0.350 e. The van der Waals surface area contributed by atoms with E-state index in [0.29, 0.717) is 28.4 Å². The quantitative estimate of drug-likeness (QED) is 0.273. The van der Waals surface area contributed by atoms with Gasteiger partial charge in [0.15, 0.2) is 0 Å². The molecule has 0 saturated carbocycles. The van der Waals surface area contributed by atoms with Gasteiger partial charge in [0, 0.05) is 26.4 Å². The Morgan fingerprint density at radius 2 is 1.65 bits per heavy atom. The first-order chi connectivity index (χ1) is 18.0. The van der Waals surface area contributed by atoms with Crippen LogP contribution < -0.4 is 10.2 Å². The van der Waals surface area contributed by atoms with E-state index in [1.807, 2.05) is 91.9 Å². The standard InChI is InChI=1S/C31H27ClN2O2S/c1-21(15-16-22-9-3-2-4-10-22)33-30(35)23-17-18-29-27(19-23)34(20-24-11-5-7-13-26(24)32)31(36)25-12-6-8-14-28(25)37-29/h2-14,17-19,21H,15-16,20H2,1H3,(H,33,35)/t21-/m1/s1. The summed E-state index contributed by atoms with van der Waals surface area (Å²) in [6.45, 7) is 2.32. The lowest BCUT2D eigenvalue weighted by atomic mass is 10.1. The molecule has 37 heavy (non-hydrogen) atoms. The minimum absolute atomic E-state index is 0.00556. The van der Waals surface area contributed by atoms with Gasteiger partial charge in [0.25, 0.3) is 11.8 Å². The molecule has 1 aliphatic heterocycles. The number of anilines is 1. The fourth-order valence-electron chi connectivity index (χ4n) is 4.42. The summed E-state index contributed by atoms with van der Waals surface area (Å²) in [6.07, 6.45) is 1.73. The van der Waals surface area contributed by atoms with E-state index >= 15 is 0 Å². The van der Waals surface area contributed by atoms with Crippen LogP contribution in [0.2, 0.25) is 5.02 Å². The van der Waals surface area contributed by atoms with Gasteiger partial charge < -0.3 is 10.2 Å². The summed E-state index contributed by atoms with van der Waals surface area (Å²) >= 11 is 8.00. The number of carbonyl (C=O) groups is 2. The lowest BCUT2D eigenvalue weighted by Crippen LogP contribution is -2.33. The van der Waals surface area contributed by atoms with Crippen molar-refractivity contribution >= 4 is 40.9 Å². The van der Waals surface area contributed by atoms with Crippen LogP contribution >= 0.6 is 23.4 Å². The maximum Gasteiger partial charge on any atom is 0.259 e. The molecular weight excluding hydrogens is 500 g/mol. The van der Waals surface area contributed by atoms with Crippen molar-refractivity contribution in [3.63, 3.8) is 0 Å². The summed E-state index contributed by atoms with van der Waals surface area (Å²) in [5, 5.41) is 3.72. The molecule has 4 aromatic rings. The number of nitrogens with zero attached hydrogens (tertiary/aromatic N) is 1. The van der Waals surface area contributed by atoms with Gasteiger partial charge in [-0.15, -0.1) is 0 Å². The number of halogens is 1. The van der Waals surface area contributed by atoms with Crippen LogP contribution in [0.5, 0.6) is 0 Å². The SMILES string of the molecule is C[C@H](CCc1ccccc1)NC(=O)c1ccc2c(c1)N(Cc1ccccc1Cl)C(=O)c1ccccc1S2. The molecule has 1 aliphatic rings. The third kappa shape index (κ3) is 5.74. The predicted octanol–water partition coefficient (Wildman–Crippen LogP) is 7.40. The van der Waals surface area contributed by atoms with E-state index < -0.39 is 0 Å². The topological polar surface area (TPSA) is 49.4 Å². The number of fused-ring (bicyclic) bond motifs is 2. The monoisotopic (exact) mass is 526 g/mol. The fourth-order valence-corrected chi connectivity index (χ4v) is 5.68. The van der Waals surface area contributed by atoms with Gasteiger partial charge in [-0.3, -0.25) is 9.59 Å². The van der Waals surface area contributed by atoms with Crippen LogP contribution in [0.3, 0.4) is 0 Å². The first-order valence-electron chi connectivity index (χ1n) is 12.3. The van der Waals surface area contributed by atoms with E-state index in [2.05, 4.69) is 17.4 Å². The summed E-state index contributed by atoms with van der Waals surface area (Å²) in [4.78, 5) is 30.5. The average Bonchev–Trinajstić information content (AvgIpc) is 3.03. The van der Waals surface area contributed by atoms with Gasteiger partial charge in [-0.05, 0) is 67.3 Å². The van der Waals surface area contributed by atoms with Crippen LogP contribution in [0.15, 0.2) is 107 Å². The lowest BCUT2D eigenvalue weighted by molar-refractivity contribution is 0.0935. The normalized spacial score (nSPS) is 13.4. The van der Waals surface area contributed by atoms with Crippen LogP contribution in [0.4, 0.5) is 5.69 Å². The largest absolute Gasteiger partial charge is 0.350 e. The van der Waals surface area contributed by atoms with Gasteiger partial charge in [0.05, 0.1) is 17.8 Å². The zero-order valence-electron chi connectivity index (χ0n) is 20.5. The van der Waals surface area contributed by atoms with Gasteiger partial charge in [0.2, 0.25) is 0 Å². The Hall–Kier alpha value is -3.54. The van der Waals surface area contributed by atoms with Crippen molar-refractivity contribution in [1.29, 1.82) is 0 Å². The van der Waals surface area contributed by atoms with Crippen LogP contribution in [0.1, 0.15) is 45.2 Å². The van der Waals surface area contributed by atoms with E-state index in [4.69, 9.17) is 11.6 Å². The Labute approximate surface area is 226 Å². The molecule has 2 amide bonds. The van der Waals surface area contributed by atoms with Crippen molar-refractivity contribution in [3.8, 4) is 0 Å². The molecule has 0 saturated heterocycles. The van der Waals surface area contributed by atoms with Crippen molar-refractivity contribution in [2.24, 2.45) is 0 Å². The third-order valence-electron chi connectivity index (χ3n) is 6.47. The Kier molecular flexibility index (Phi) is 7.63. The second-order valence-corrected chi connectivity index (χ2v) is 10.7. The molecule has 1 heterocycles. The second-order valence-electron chi connectivity index (χ2n) is 9.16. The number of rotatable bonds is 7. The van der Waals surface area contributed by atoms with Crippen molar-refractivity contribution in [1.82, 2.24) is 5.32 Å². The molecular formula is C31H27ClN2O2S. The average molecular weight is 527 g/mol. The molecule has 5 rings (SSSR count). The van der Waals surface area contributed by atoms with Crippen LogP contribution in [-0.4, -0.2) is 17.9 Å². The van der Waals surface area contributed by atoms with E-state index in [1.165, 1.54) is 17.3 Å². The second kappa shape index (κ2) is 11.2. The number of carbonyl (C=O) groups excluding carboxylic acids is 2. The summed E-state index contributed by atoms with van der Waals surface area (Å²) in [5.74, 6) is -0.268. The van der Waals surface area contributed by atoms with Gasteiger partial charge in [-0.1, -0.05) is 84.0 Å². The van der Waals surface area contributed by atoms with E-state index in [9.17, 15) is 9.59 Å². The highest BCUT2D eigenvalue weighted by atomic mass is 35.5. The summed E-state index contributed by atoms with van der Waals surface area (Å²) < 4.78 is 0. The van der Waals surface area contributed by atoms with E-state index in [0.717, 1.165) is 28.2 Å². The molecule has 1 atom stereocenters. The van der Waals surface area contributed by atoms with Crippen molar-refractivity contribution in [2.75, 3.05) is 4.90 Å². The number of aryl methyl sites for hydroxylation is 1. The summed E-state index contributed by atoms with van der Waals surface area (Å²) in [7, 11) is 0. The molecule has 0 fully saturated rings. The molecule has 0 bridgehead atoms. The Morgan fingerprint density at radius 3 is 2.46 bits per heavy atom. The maximum absolute atomic E-state index is 13.8. The van der Waals surface area contributed by atoms with Gasteiger partial charge in [0.1, 0.15) is 0 Å². The summed E-state index contributed by atoms with van der Waals surface area (Å²) in [5.41, 5.74) is 3.96. The van der Waals surface area contributed by atoms with Crippen LogP contribution in [0.25, 0.3) is 0 Å². The molecule has 0 spiro atoms. The first-order valence-corrected chi connectivity index (χ1v) is 13.5. The molecule has 6 heteroatoms. The Balaban J connectivity index is 1.42. The van der Waals surface area contributed by atoms with Crippen molar-refractivity contribution in [3.05, 3.63) is 124 Å². The maximum atomic E-state index is 13.8. The molecule has 1 N–H and O–H groups in total. The number of nitrogens with one attached hydrogen (secondary N) is 1. The number of hydrogen-bond donors (Lipinski definition) is 1. The Bertz CT molecular complexity index is 1440.